The van der Waals surface area contributed by atoms with Gasteiger partial charge in [0, 0.05) is 23.5 Å². The molecule has 3 heterocycles. The second-order valence-electron chi connectivity index (χ2n) is 5.19. The van der Waals surface area contributed by atoms with E-state index in [1.54, 1.807) is 30.4 Å². The normalized spacial score (nSPS) is 12.5. The summed E-state index contributed by atoms with van der Waals surface area (Å²) in [6.45, 7) is 0. The van der Waals surface area contributed by atoms with E-state index in [0.717, 1.165) is 10.5 Å². The molecule has 6 nitrogen and oxygen atoms in total. The molecular formula is C16H17N5OS. The lowest BCUT2D eigenvalue weighted by atomic mass is 10.1. The van der Waals surface area contributed by atoms with Crippen molar-refractivity contribution in [2.24, 2.45) is 0 Å². The standard InChI is InChI=1S/C16H17N5OS/c1-21(2)14(11-5-4-8-17-9-11)16-19-15(20-22-16)13-7-6-12(23-3)10-18-13/h4-10,14H,1-3H3. The van der Waals surface area contributed by atoms with Crippen LogP contribution < -0.4 is 0 Å². The zero-order chi connectivity index (χ0) is 16.2. The van der Waals surface area contributed by atoms with Crippen LogP contribution in [0.15, 0.2) is 52.3 Å². The number of pyridine rings is 2. The van der Waals surface area contributed by atoms with Crippen LogP contribution in [0.1, 0.15) is 17.5 Å². The largest absolute Gasteiger partial charge is 0.337 e. The summed E-state index contributed by atoms with van der Waals surface area (Å²) in [5, 5.41) is 4.07. The number of hydrogen-bond acceptors (Lipinski definition) is 7. The topological polar surface area (TPSA) is 67.9 Å². The molecule has 118 valence electrons. The maximum Gasteiger partial charge on any atom is 0.249 e. The van der Waals surface area contributed by atoms with Gasteiger partial charge in [0.15, 0.2) is 0 Å². The van der Waals surface area contributed by atoms with Crippen LogP contribution in [0, 0.1) is 0 Å². The summed E-state index contributed by atoms with van der Waals surface area (Å²) in [5.41, 5.74) is 1.69. The summed E-state index contributed by atoms with van der Waals surface area (Å²) in [6, 6.07) is 7.64. The fraction of sp³-hybridized carbons (Fsp3) is 0.250. The van der Waals surface area contributed by atoms with Crippen molar-refractivity contribution in [2.75, 3.05) is 20.4 Å². The maximum absolute atomic E-state index is 5.48. The molecule has 23 heavy (non-hydrogen) atoms. The van der Waals surface area contributed by atoms with E-state index >= 15 is 0 Å². The zero-order valence-electron chi connectivity index (χ0n) is 13.2. The van der Waals surface area contributed by atoms with Crippen molar-refractivity contribution in [1.29, 1.82) is 0 Å². The van der Waals surface area contributed by atoms with E-state index in [1.807, 2.05) is 49.5 Å². The van der Waals surface area contributed by atoms with Gasteiger partial charge in [-0.15, -0.1) is 11.8 Å². The molecule has 0 saturated heterocycles. The van der Waals surface area contributed by atoms with Gasteiger partial charge in [-0.2, -0.15) is 4.98 Å². The molecule has 0 aromatic carbocycles. The molecule has 0 aliphatic carbocycles. The van der Waals surface area contributed by atoms with E-state index in [4.69, 9.17) is 4.52 Å². The van der Waals surface area contributed by atoms with Gasteiger partial charge in [-0.05, 0) is 44.1 Å². The van der Waals surface area contributed by atoms with Gasteiger partial charge >= 0.3 is 0 Å². The van der Waals surface area contributed by atoms with Crippen LogP contribution in [0.5, 0.6) is 0 Å². The minimum absolute atomic E-state index is 0.143. The highest BCUT2D eigenvalue weighted by molar-refractivity contribution is 7.98. The Bertz CT molecular complexity index is 758. The molecule has 0 aliphatic rings. The van der Waals surface area contributed by atoms with E-state index in [2.05, 4.69) is 20.1 Å². The summed E-state index contributed by atoms with van der Waals surface area (Å²) in [7, 11) is 3.93. The lowest BCUT2D eigenvalue weighted by Gasteiger charge is -2.20. The predicted molar refractivity (Wildman–Crippen MR) is 89.1 cm³/mol. The molecule has 0 N–H and O–H groups in total. The molecule has 3 rings (SSSR count). The highest BCUT2D eigenvalue weighted by atomic mass is 32.2. The van der Waals surface area contributed by atoms with Crippen LogP contribution in [0.25, 0.3) is 11.5 Å². The average molecular weight is 327 g/mol. The number of aromatic nitrogens is 4. The first-order valence-corrected chi connectivity index (χ1v) is 8.32. The Kier molecular flexibility index (Phi) is 4.68. The van der Waals surface area contributed by atoms with E-state index in [0.29, 0.717) is 17.4 Å². The first-order chi connectivity index (χ1) is 11.2. The van der Waals surface area contributed by atoms with Gasteiger partial charge in [-0.1, -0.05) is 11.2 Å². The molecule has 3 aromatic heterocycles. The van der Waals surface area contributed by atoms with E-state index < -0.39 is 0 Å². The fourth-order valence-electron chi connectivity index (χ4n) is 2.28. The van der Waals surface area contributed by atoms with Gasteiger partial charge in [0.25, 0.3) is 0 Å². The molecule has 0 radical (unpaired) electrons. The van der Waals surface area contributed by atoms with Crippen molar-refractivity contribution in [3.8, 4) is 11.5 Å². The molecule has 0 aliphatic heterocycles. The number of nitrogens with zero attached hydrogens (tertiary/aromatic N) is 5. The lowest BCUT2D eigenvalue weighted by molar-refractivity contribution is 0.261. The Morgan fingerprint density at radius 3 is 2.65 bits per heavy atom. The molecule has 0 spiro atoms. The third-order valence-electron chi connectivity index (χ3n) is 3.39. The molecule has 0 saturated carbocycles. The van der Waals surface area contributed by atoms with Crippen LogP contribution in [0.2, 0.25) is 0 Å². The van der Waals surface area contributed by atoms with Crippen LogP contribution in [0.4, 0.5) is 0 Å². The van der Waals surface area contributed by atoms with E-state index in [9.17, 15) is 0 Å². The fourth-order valence-corrected chi connectivity index (χ4v) is 2.65. The van der Waals surface area contributed by atoms with Gasteiger partial charge in [0.05, 0.1) is 0 Å². The van der Waals surface area contributed by atoms with Crippen molar-refractivity contribution in [2.45, 2.75) is 10.9 Å². The quantitative estimate of drug-likeness (QED) is 0.667. The minimum atomic E-state index is -0.143. The number of thioether (sulfide) groups is 1. The van der Waals surface area contributed by atoms with Crippen LogP contribution in [-0.2, 0) is 0 Å². The second-order valence-corrected chi connectivity index (χ2v) is 6.07. The molecule has 3 aromatic rings. The Morgan fingerprint density at radius 2 is 2.04 bits per heavy atom. The van der Waals surface area contributed by atoms with Crippen LogP contribution in [0.3, 0.4) is 0 Å². The Balaban J connectivity index is 1.92. The molecule has 0 fully saturated rings. The Hall–Kier alpha value is -2.25. The van der Waals surface area contributed by atoms with Crippen molar-refractivity contribution < 1.29 is 4.52 Å². The zero-order valence-corrected chi connectivity index (χ0v) is 14.0. The smallest absolute Gasteiger partial charge is 0.249 e. The van der Waals surface area contributed by atoms with Gasteiger partial charge in [0.2, 0.25) is 11.7 Å². The second kappa shape index (κ2) is 6.89. The van der Waals surface area contributed by atoms with Crippen molar-refractivity contribution in [1.82, 2.24) is 25.0 Å². The van der Waals surface area contributed by atoms with Gasteiger partial charge < -0.3 is 4.52 Å². The molecule has 0 bridgehead atoms. The first kappa shape index (κ1) is 15.6. The molecule has 0 amide bonds. The van der Waals surface area contributed by atoms with Crippen LogP contribution in [-0.4, -0.2) is 45.4 Å². The van der Waals surface area contributed by atoms with Crippen LogP contribution >= 0.6 is 11.8 Å². The summed E-state index contributed by atoms with van der Waals surface area (Å²) in [6.07, 6.45) is 7.37. The van der Waals surface area contributed by atoms with Gasteiger partial charge in [-0.3, -0.25) is 14.9 Å². The first-order valence-electron chi connectivity index (χ1n) is 7.09. The van der Waals surface area contributed by atoms with Crippen molar-refractivity contribution >= 4 is 11.8 Å². The molecular weight excluding hydrogens is 310 g/mol. The molecule has 1 atom stereocenters. The summed E-state index contributed by atoms with van der Waals surface area (Å²) in [4.78, 5) is 16.2. The molecule has 1 unspecified atom stereocenters. The highest BCUT2D eigenvalue weighted by Gasteiger charge is 2.24. The lowest BCUT2D eigenvalue weighted by Crippen LogP contribution is -2.21. The Morgan fingerprint density at radius 1 is 1.17 bits per heavy atom. The number of hydrogen-bond donors (Lipinski definition) is 0. The number of rotatable bonds is 5. The monoisotopic (exact) mass is 327 g/mol. The SMILES string of the molecule is CSc1ccc(-c2noc(C(c3cccnc3)N(C)C)n2)nc1. The summed E-state index contributed by atoms with van der Waals surface area (Å²) >= 11 is 1.64. The summed E-state index contributed by atoms with van der Waals surface area (Å²) in [5.74, 6) is 1.01. The van der Waals surface area contributed by atoms with E-state index in [1.165, 1.54) is 0 Å². The Labute approximate surface area is 139 Å². The predicted octanol–water partition coefficient (Wildman–Crippen LogP) is 2.90. The van der Waals surface area contributed by atoms with Gasteiger partial charge in [0.1, 0.15) is 11.7 Å². The third kappa shape index (κ3) is 3.40. The summed E-state index contributed by atoms with van der Waals surface area (Å²) < 4.78 is 5.48. The average Bonchev–Trinajstić information content (AvgIpc) is 3.05. The van der Waals surface area contributed by atoms with Crippen molar-refractivity contribution in [3.05, 3.63) is 54.3 Å². The maximum atomic E-state index is 5.48. The minimum Gasteiger partial charge on any atom is -0.337 e. The van der Waals surface area contributed by atoms with Gasteiger partial charge in [-0.25, -0.2) is 0 Å². The van der Waals surface area contributed by atoms with E-state index in [-0.39, 0.29) is 6.04 Å². The molecule has 7 heteroatoms. The van der Waals surface area contributed by atoms with Crippen molar-refractivity contribution in [3.63, 3.8) is 0 Å². The third-order valence-corrected chi connectivity index (χ3v) is 4.11. The highest BCUT2D eigenvalue weighted by Crippen LogP contribution is 2.26.